The van der Waals surface area contributed by atoms with Crippen molar-refractivity contribution < 1.29 is 21.9 Å². The van der Waals surface area contributed by atoms with Gasteiger partial charge in [0.1, 0.15) is 5.75 Å². The highest BCUT2D eigenvalue weighted by Gasteiger charge is 2.45. The van der Waals surface area contributed by atoms with Crippen LogP contribution in [0.5, 0.6) is 5.75 Å². The monoisotopic (exact) mass is 360 g/mol. The second kappa shape index (κ2) is 6.57. The fourth-order valence-corrected chi connectivity index (χ4v) is 5.34. The van der Waals surface area contributed by atoms with Gasteiger partial charge in [0.05, 0.1) is 4.90 Å². The minimum absolute atomic E-state index is 0.0453. The molecule has 0 aromatic heterocycles. The van der Waals surface area contributed by atoms with E-state index in [0.29, 0.717) is 31.0 Å². The second-order valence-corrected chi connectivity index (χ2v) is 8.72. The van der Waals surface area contributed by atoms with Crippen LogP contribution in [0.1, 0.15) is 12.8 Å². The summed E-state index contributed by atoms with van der Waals surface area (Å²) in [4.78, 5) is 2.33. The lowest BCUT2D eigenvalue weighted by Gasteiger charge is -2.22. The molecule has 5 nitrogen and oxygen atoms in total. The molecule has 24 heavy (non-hydrogen) atoms. The maximum absolute atomic E-state index is 12.7. The van der Waals surface area contributed by atoms with E-state index in [0.717, 1.165) is 12.8 Å². The van der Waals surface area contributed by atoms with Crippen LogP contribution in [0, 0.1) is 11.8 Å². The quantitative estimate of drug-likeness (QED) is 0.808. The number of halogens is 2. The van der Waals surface area contributed by atoms with Crippen LogP contribution < -0.4 is 4.74 Å². The number of ether oxygens (including phenoxy) is 1. The topological polar surface area (TPSA) is 49.9 Å². The summed E-state index contributed by atoms with van der Waals surface area (Å²) in [6, 6.07) is 5.69. The molecule has 1 aliphatic heterocycles. The predicted molar refractivity (Wildman–Crippen MR) is 85.5 cm³/mol. The van der Waals surface area contributed by atoms with Crippen molar-refractivity contribution in [2.45, 2.75) is 30.4 Å². The molecule has 0 radical (unpaired) electrons. The number of hydrogen-bond donors (Lipinski definition) is 0. The highest BCUT2D eigenvalue weighted by atomic mass is 32.2. The smallest absolute Gasteiger partial charge is 0.387 e. The Labute approximate surface area is 141 Å². The second-order valence-electron chi connectivity index (χ2n) is 6.78. The van der Waals surface area contributed by atoms with Gasteiger partial charge in [0.2, 0.25) is 10.0 Å². The summed E-state index contributed by atoms with van der Waals surface area (Å²) in [5.41, 5.74) is 0. The largest absolute Gasteiger partial charge is 0.435 e. The average Bonchev–Trinajstić information content (AvgIpc) is 3.06. The van der Waals surface area contributed by atoms with E-state index in [1.54, 1.807) is 0 Å². The van der Waals surface area contributed by atoms with Crippen molar-refractivity contribution in [3.05, 3.63) is 24.3 Å². The molecule has 2 fully saturated rings. The average molecular weight is 360 g/mol. The summed E-state index contributed by atoms with van der Waals surface area (Å²) in [6.45, 7) is -1.85. The summed E-state index contributed by atoms with van der Waals surface area (Å²) in [7, 11) is 0.531. The maximum atomic E-state index is 12.7. The normalized spacial score (nSPS) is 27.8. The van der Waals surface area contributed by atoms with Crippen molar-refractivity contribution in [1.29, 1.82) is 0 Å². The van der Waals surface area contributed by atoms with Gasteiger partial charge in [-0.1, -0.05) is 0 Å². The van der Waals surface area contributed by atoms with Crippen molar-refractivity contribution in [2.24, 2.45) is 11.8 Å². The first kappa shape index (κ1) is 17.6. The Morgan fingerprint density at radius 2 is 1.67 bits per heavy atom. The lowest BCUT2D eigenvalue weighted by atomic mass is 10.0. The zero-order valence-electron chi connectivity index (χ0n) is 13.7. The first-order chi connectivity index (χ1) is 11.3. The predicted octanol–water partition coefficient (Wildman–Crippen LogP) is 2.25. The third-order valence-electron chi connectivity index (χ3n) is 5.11. The van der Waals surface area contributed by atoms with Gasteiger partial charge in [0, 0.05) is 19.1 Å². The molecule has 0 bridgehead atoms. The lowest BCUT2D eigenvalue weighted by Crippen LogP contribution is -2.32. The van der Waals surface area contributed by atoms with Crippen LogP contribution in [0.25, 0.3) is 0 Å². The van der Waals surface area contributed by atoms with Crippen LogP contribution in [0.4, 0.5) is 8.78 Å². The molecule has 2 aliphatic rings. The highest BCUT2D eigenvalue weighted by molar-refractivity contribution is 7.89. The van der Waals surface area contributed by atoms with Gasteiger partial charge >= 0.3 is 6.61 Å². The van der Waals surface area contributed by atoms with Crippen molar-refractivity contribution in [3.8, 4) is 5.75 Å². The van der Waals surface area contributed by atoms with E-state index in [4.69, 9.17) is 0 Å². The molecule has 0 N–H and O–H groups in total. The Kier molecular flexibility index (Phi) is 4.81. The molecular formula is C16H22F2N2O3S. The van der Waals surface area contributed by atoms with E-state index in [-0.39, 0.29) is 10.6 Å². The van der Waals surface area contributed by atoms with Gasteiger partial charge < -0.3 is 9.64 Å². The van der Waals surface area contributed by atoms with Crippen molar-refractivity contribution in [1.82, 2.24) is 9.21 Å². The van der Waals surface area contributed by atoms with Crippen molar-refractivity contribution in [2.75, 3.05) is 27.2 Å². The Bertz CT molecular complexity index is 665. The van der Waals surface area contributed by atoms with Gasteiger partial charge in [-0.15, -0.1) is 0 Å². The first-order valence-corrected chi connectivity index (χ1v) is 9.43. The fourth-order valence-electron chi connectivity index (χ4n) is 3.78. The van der Waals surface area contributed by atoms with Gasteiger partial charge in [0.15, 0.2) is 0 Å². The number of nitrogens with zero attached hydrogens (tertiary/aromatic N) is 2. The van der Waals surface area contributed by atoms with E-state index >= 15 is 0 Å². The minimum atomic E-state index is -3.59. The lowest BCUT2D eigenvalue weighted by molar-refractivity contribution is -0.0498. The molecule has 1 saturated heterocycles. The molecule has 1 saturated carbocycles. The zero-order valence-corrected chi connectivity index (χ0v) is 14.5. The summed E-state index contributed by atoms with van der Waals surface area (Å²) in [5, 5.41) is 0. The number of hydrogen-bond acceptors (Lipinski definition) is 4. The van der Waals surface area contributed by atoms with E-state index in [1.807, 2.05) is 0 Å². The van der Waals surface area contributed by atoms with Crippen LogP contribution in [0.2, 0.25) is 0 Å². The van der Waals surface area contributed by atoms with Gasteiger partial charge in [-0.05, 0) is 63.0 Å². The Morgan fingerprint density at radius 1 is 1.12 bits per heavy atom. The molecule has 2 atom stereocenters. The van der Waals surface area contributed by atoms with E-state index in [9.17, 15) is 17.2 Å². The van der Waals surface area contributed by atoms with Gasteiger partial charge in [-0.25, -0.2) is 8.42 Å². The first-order valence-electron chi connectivity index (χ1n) is 7.99. The Hall–Kier alpha value is -1.25. The molecule has 3 rings (SSSR count). The summed E-state index contributed by atoms with van der Waals surface area (Å²) >= 11 is 0. The molecule has 0 spiro atoms. The SMILES string of the molecule is CN(C)C1CC2CN(S(=O)(=O)c3ccc(OC(F)F)cc3)CC2C1. The summed E-state index contributed by atoms with van der Waals surface area (Å²) in [5.74, 6) is 0.748. The molecule has 8 heteroatoms. The number of sulfonamides is 1. The van der Waals surface area contributed by atoms with Crippen molar-refractivity contribution >= 4 is 10.0 Å². The Balaban J connectivity index is 1.69. The maximum Gasteiger partial charge on any atom is 0.387 e. The van der Waals surface area contributed by atoms with E-state index < -0.39 is 16.6 Å². The number of alkyl halides is 2. The molecule has 134 valence electrons. The minimum Gasteiger partial charge on any atom is -0.435 e. The van der Waals surface area contributed by atoms with E-state index in [2.05, 4.69) is 23.7 Å². The Morgan fingerprint density at radius 3 is 2.12 bits per heavy atom. The molecule has 1 heterocycles. The van der Waals surface area contributed by atoms with Crippen LogP contribution in [-0.2, 0) is 10.0 Å². The molecule has 2 unspecified atom stereocenters. The zero-order chi connectivity index (χ0) is 17.5. The van der Waals surface area contributed by atoms with Crippen LogP contribution >= 0.6 is 0 Å². The van der Waals surface area contributed by atoms with Crippen LogP contribution in [-0.4, -0.2) is 57.5 Å². The van der Waals surface area contributed by atoms with E-state index in [1.165, 1.54) is 28.6 Å². The van der Waals surface area contributed by atoms with Gasteiger partial charge in [-0.2, -0.15) is 13.1 Å². The molecule has 1 aromatic rings. The molecule has 1 aromatic carbocycles. The van der Waals surface area contributed by atoms with Crippen LogP contribution in [0.3, 0.4) is 0 Å². The molecule has 1 aliphatic carbocycles. The molecular weight excluding hydrogens is 338 g/mol. The third kappa shape index (κ3) is 3.41. The highest BCUT2D eigenvalue weighted by Crippen LogP contribution is 2.41. The number of benzene rings is 1. The number of fused-ring (bicyclic) bond motifs is 1. The standard InChI is InChI=1S/C16H22F2N2O3S/c1-19(2)13-7-11-9-20(10-12(11)8-13)24(21,22)15-5-3-14(4-6-15)23-16(17)18/h3-6,11-13,16H,7-10H2,1-2H3. The van der Waals surface area contributed by atoms with Crippen LogP contribution in [0.15, 0.2) is 29.2 Å². The summed E-state index contributed by atoms with van der Waals surface area (Å²) in [6.07, 6.45) is 2.04. The number of rotatable bonds is 5. The van der Waals surface area contributed by atoms with Crippen molar-refractivity contribution in [3.63, 3.8) is 0 Å². The van der Waals surface area contributed by atoms with Gasteiger partial charge in [0.25, 0.3) is 0 Å². The third-order valence-corrected chi connectivity index (χ3v) is 6.96. The summed E-state index contributed by atoms with van der Waals surface area (Å²) < 4.78 is 55.6. The molecule has 0 amide bonds. The van der Waals surface area contributed by atoms with Gasteiger partial charge in [-0.3, -0.25) is 0 Å². The fraction of sp³-hybridized carbons (Fsp3) is 0.625.